The van der Waals surface area contributed by atoms with Gasteiger partial charge in [-0.1, -0.05) is 13.3 Å². The number of anilines is 1. The third-order valence-electron chi connectivity index (χ3n) is 8.67. The lowest BCUT2D eigenvalue weighted by Gasteiger charge is -2.59. The van der Waals surface area contributed by atoms with Crippen molar-refractivity contribution in [3.8, 4) is 0 Å². The van der Waals surface area contributed by atoms with Crippen molar-refractivity contribution in [1.82, 2.24) is 5.32 Å². The van der Waals surface area contributed by atoms with Crippen LogP contribution >= 0.6 is 23.6 Å². The molecule has 5 aliphatic carbocycles. The zero-order valence-electron chi connectivity index (χ0n) is 19.6. The summed E-state index contributed by atoms with van der Waals surface area (Å²) in [4.78, 5) is 14.2. The van der Waals surface area contributed by atoms with Crippen molar-refractivity contribution in [2.24, 2.45) is 23.2 Å². The van der Waals surface area contributed by atoms with Crippen LogP contribution in [0.3, 0.4) is 0 Å². The van der Waals surface area contributed by atoms with Gasteiger partial charge in [0.2, 0.25) is 0 Å². The maximum atomic E-state index is 12.9. The Kier molecular flexibility index (Phi) is 6.54. The molecule has 1 aromatic rings. The Bertz CT molecular complexity index is 842. The third kappa shape index (κ3) is 4.22. The van der Waals surface area contributed by atoms with Gasteiger partial charge in [-0.05, 0) is 119 Å². The van der Waals surface area contributed by atoms with Crippen LogP contribution in [0.15, 0.2) is 0 Å². The average molecular weight is 475 g/mol. The summed E-state index contributed by atoms with van der Waals surface area (Å²) in [7, 11) is 0. The summed E-state index contributed by atoms with van der Waals surface area (Å²) in [6.07, 6.45) is 15.2. The lowest BCUT2D eigenvalue weighted by atomic mass is 9.47. The molecule has 4 nitrogen and oxygen atoms in total. The van der Waals surface area contributed by atoms with Gasteiger partial charge in [-0.3, -0.25) is 0 Å². The van der Waals surface area contributed by atoms with Crippen molar-refractivity contribution in [2.75, 3.05) is 11.9 Å². The number of esters is 1. The Balaban J connectivity index is 1.34. The van der Waals surface area contributed by atoms with Crippen LogP contribution in [0.4, 0.5) is 5.00 Å². The monoisotopic (exact) mass is 474 g/mol. The molecule has 0 saturated heterocycles. The number of thiocarbonyl (C=S) groups is 1. The molecule has 4 bridgehead atoms. The minimum atomic E-state index is -0.203. The van der Waals surface area contributed by atoms with E-state index < -0.39 is 0 Å². The van der Waals surface area contributed by atoms with Gasteiger partial charge in [-0.25, -0.2) is 4.79 Å². The molecular weight excluding hydrogens is 436 g/mol. The van der Waals surface area contributed by atoms with E-state index in [1.165, 1.54) is 61.8 Å². The maximum Gasteiger partial charge on any atom is 0.341 e. The summed E-state index contributed by atoms with van der Waals surface area (Å²) in [6.45, 7) is 4.57. The molecule has 2 N–H and O–H groups in total. The molecule has 1 atom stereocenters. The van der Waals surface area contributed by atoms with Crippen LogP contribution in [-0.4, -0.2) is 23.7 Å². The van der Waals surface area contributed by atoms with Crippen molar-refractivity contribution >= 4 is 39.6 Å². The summed E-state index contributed by atoms with van der Waals surface area (Å²) >= 11 is 7.56. The van der Waals surface area contributed by atoms with E-state index in [1.807, 2.05) is 6.92 Å². The molecule has 0 amide bonds. The third-order valence-corrected chi connectivity index (χ3v) is 10.1. The zero-order valence-corrected chi connectivity index (χ0v) is 21.3. The summed E-state index contributed by atoms with van der Waals surface area (Å²) in [5, 5.41) is 8.76. The molecule has 1 unspecified atom stereocenters. The smallest absolute Gasteiger partial charge is 0.341 e. The van der Waals surface area contributed by atoms with E-state index in [1.54, 1.807) is 11.3 Å². The first-order chi connectivity index (χ1) is 15.5. The quantitative estimate of drug-likeness (QED) is 0.281. The van der Waals surface area contributed by atoms with E-state index in [-0.39, 0.29) is 5.97 Å². The van der Waals surface area contributed by atoms with E-state index in [0.29, 0.717) is 23.2 Å². The molecular formula is C26H38N2O2S2. The van der Waals surface area contributed by atoms with Gasteiger partial charge in [0.1, 0.15) is 5.00 Å². The zero-order chi connectivity index (χ0) is 22.3. The minimum absolute atomic E-state index is 0.203. The van der Waals surface area contributed by atoms with Gasteiger partial charge in [-0.2, -0.15) is 0 Å². The minimum Gasteiger partial charge on any atom is -0.462 e. The highest BCUT2D eigenvalue weighted by molar-refractivity contribution is 7.80. The number of hydrogen-bond acceptors (Lipinski definition) is 4. The van der Waals surface area contributed by atoms with Crippen LogP contribution in [0, 0.1) is 23.2 Å². The van der Waals surface area contributed by atoms with E-state index >= 15 is 0 Å². The SMILES string of the molecule is CCOC(=O)c1c(NC(=S)NC(CC)C23CC4CC(CC(C4)C2)C3)sc2c1CCCCC2. The Hall–Kier alpha value is -1.14. The Labute approximate surface area is 202 Å². The van der Waals surface area contributed by atoms with E-state index in [2.05, 4.69) is 17.6 Å². The Morgan fingerprint density at radius 3 is 2.38 bits per heavy atom. The highest BCUT2D eigenvalue weighted by Gasteiger charge is 2.53. The molecule has 0 radical (unpaired) electrons. The van der Waals surface area contributed by atoms with Crippen molar-refractivity contribution in [1.29, 1.82) is 0 Å². The van der Waals surface area contributed by atoms with E-state index in [0.717, 1.165) is 54.0 Å². The molecule has 0 spiro atoms. The molecule has 4 saturated carbocycles. The number of fused-ring (bicyclic) bond motifs is 1. The number of hydrogen-bond donors (Lipinski definition) is 2. The first kappa shape index (κ1) is 22.6. The van der Waals surface area contributed by atoms with Gasteiger partial charge in [0.05, 0.1) is 12.2 Å². The largest absolute Gasteiger partial charge is 0.462 e. The number of carbonyl (C=O) groups excluding carboxylic acids is 1. The van der Waals surface area contributed by atoms with Gasteiger partial charge in [0.25, 0.3) is 0 Å². The van der Waals surface area contributed by atoms with Crippen LogP contribution in [0.1, 0.15) is 98.9 Å². The van der Waals surface area contributed by atoms with E-state index in [4.69, 9.17) is 17.0 Å². The Morgan fingerprint density at radius 1 is 1.09 bits per heavy atom. The normalized spacial score (nSPS) is 31.5. The molecule has 1 aromatic heterocycles. The average Bonchev–Trinajstić information content (AvgIpc) is 2.91. The molecule has 0 aromatic carbocycles. The van der Waals surface area contributed by atoms with Crippen molar-refractivity contribution in [2.45, 2.75) is 96.9 Å². The Morgan fingerprint density at radius 2 is 1.75 bits per heavy atom. The second-order valence-electron chi connectivity index (χ2n) is 10.8. The van der Waals surface area contributed by atoms with Crippen LogP contribution in [-0.2, 0) is 17.6 Å². The second kappa shape index (κ2) is 9.25. The molecule has 6 rings (SSSR count). The van der Waals surface area contributed by atoms with Crippen molar-refractivity contribution in [3.05, 3.63) is 16.0 Å². The molecule has 4 fully saturated rings. The molecule has 6 heteroatoms. The fraction of sp³-hybridized carbons (Fsp3) is 0.769. The maximum absolute atomic E-state index is 12.9. The molecule has 1 heterocycles. The number of aryl methyl sites for hydroxylation is 1. The molecule has 0 aliphatic heterocycles. The second-order valence-corrected chi connectivity index (χ2v) is 12.3. The van der Waals surface area contributed by atoms with Gasteiger partial charge >= 0.3 is 5.97 Å². The van der Waals surface area contributed by atoms with Gasteiger partial charge in [0.15, 0.2) is 5.11 Å². The predicted molar refractivity (Wildman–Crippen MR) is 136 cm³/mol. The fourth-order valence-electron chi connectivity index (χ4n) is 7.84. The first-order valence-electron chi connectivity index (χ1n) is 12.9. The predicted octanol–water partition coefficient (Wildman–Crippen LogP) is 6.48. The highest BCUT2D eigenvalue weighted by atomic mass is 32.1. The lowest BCUT2D eigenvalue weighted by Crippen LogP contribution is -2.57. The molecule has 5 aliphatic rings. The van der Waals surface area contributed by atoms with Crippen molar-refractivity contribution in [3.63, 3.8) is 0 Å². The van der Waals surface area contributed by atoms with E-state index in [9.17, 15) is 4.79 Å². The van der Waals surface area contributed by atoms with Gasteiger partial charge in [-0.15, -0.1) is 11.3 Å². The van der Waals surface area contributed by atoms with Crippen LogP contribution < -0.4 is 10.6 Å². The summed E-state index contributed by atoms with van der Waals surface area (Å²) in [5.41, 5.74) is 2.34. The number of carbonyl (C=O) groups is 1. The number of rotatable bonds is 6. The summed E-state index contributed by atoms with van der Waals surface area (Å²) < 4.78 is 5.45. The van der Waals surface area contributed by atoms with Crippen LogP contribution in [0.25, 0.3) is 0 Å². The summed E-state index contributed by atoms with van der Waals surface area (Å²) in [6, 6.07) is 0.416. The lowest BCUT2D eigenvalue weighted by molar-refractivity contribution is -0.0710. The standard InChI is InChI=1S/C26H38N2O2S2/c1-3-21(26-13-16-10-17(14-26)12-18(11-16)15-26)27-25(31)28-23-22(24(29)30-4-2)19-8-6-5-7-9-20(19)32-23/h16-18,21H,3-15H2,1-2H3,(H2,27,28,31). The van der Waals surface area contributed by atoms with Gasteiger partial charge < -0.3 is 15.4 Å². The fourth-order valence-corrected chi connectivity index (χ4v) is 9.43. The number of nitrogens with one attached hydrogen (secondary N) is 2. The summed E-state index contributed by atoms with van der Waals surface area (Å²) in [5.74, 6) is 2.59. The van der Waals surface area contributed by atoms with Crippen LogP contribution in [0.2, 0.25) is 0 Å². The van der Waals surface area contributed by atoms with Gasteiger partial charge in [0, 0.05) is 10.9 Å². The van der Waals surface area contributed by atoms with Crippen LogP contribution in [0.5, 0.6) is 0 Å². The topological polar surface area (TPSA) is 50.4 Å². The number of ether oxygens (including phenoxy) is 1. The first-order valence-corrected chi connectivity index (χ1v) is 14.1. The van der Waals surface area contributed by atoms with Crippen molar-refractivity contribution < 1.29 is 9.53 Å². The highest BCUT2D eigenvalue weighted by Crippen LogP contribution is 2.61. The molecule has 176 valence electrons. The number of thiophene rings is 1. The molecule has 32 heavy (non-hydrogen) atoms.